The van der Waals surface area contributed by atoms with Gasteiger partial charge in [0.15, 0.2) is 11.6 Å². The van der Waals surface area contributed by atoms with Crippen molar-refractivity contribution in [1.82, 2.24) is 0 Å². The Labute approximate surface area is 118 Å². The molecule has 0 radical (unpaired) electrons. The van der Waals surface area contributed by atoms with E-state index in [4.69, 9.17) is 22.1 Å². The van der Waals surface area contributed by atoms with Crippen LogP contribution in [-0.4, -0.2) is 5.97 Å². The predicted molar refractivity (Wildman–Crippen MR) is 71.3 cm³/mol. The Balaban J connectivity index is 2.09. The fourth-order valence-electron chi connectivity index (χ4n) is 1.55. The van der Waals surface area contributed by atoms with Crippen LogP contribution >= 0.6 is 11.6 Å². The SMILES string of the molecule is Nc1cc(F)c(F)cc1C(=O)OCc1ccc(Cl)cc1. The Morgan fingerprint density at radius 3 is 2.40 bits per heavy atom. The molecule has 0 aromatic heterocycles. The van der Waals surface area contributed by atoms with Gasteiger partial charge in [0.05, 0.1) is 5.56 Å². The molecule has 0 unspecified atom stereocenters. The van der Waals surface area contributed by atoms with E-state index >= 15 is 0 Å². The van der Waals surface area contributed by atoms with E-state index in [1.165, 1.54) is 0 Å². The highest BCUT2D eigenvalue weighted by atomic mass is 35.5. The smallest absolute Gasteiger partial charge is 0.340 e. The third-order valence-electron chi connectivity index (χ3n) is 2.60. The van der Waals surface area contributed by atoms with Crippen LogP contribution in [0.1, 0.15) is 15.9 Å². The van der Waals surface area contributed by atoms with Crippen LogP contribution in [0.4, 0.5) is 14.5 Å². The summed E-state index contributed by atoms with van der Waals surface area (Å²) in [6, 6.07) is 8.13. The van der Waals surface area contributed by atoms with Crippen molar-refractivity contribution < 1.29 is 18.3 Å². The predicted octanol–water partition coefficient (Wildman–Crippen LogP) is 3.56. The standard InChI is InChI=1S/C14H10ClF2NO2/c15-9-3-1-8(2-4-9)7-20-14(19)10-5-11(16)12(17)6-13(10)18/h1-6H,7,18H2. The summed E-state index contributed by atoms with van der Waals surface area (Å²) in [5.41, 5.74) is 5.78. The molecular formula is C14H10ClF2NO2. The van der Waals surface area contributed by atoms with Gasteiger partial charge in [-0.1, -0.05) is 23.7 Å². The summed E-state index contributed by atoms with van der Waals surface area (Å²) < 4.78 is 30.9. The van der Waals surface area contributed by atoms with Gasteiger partial charge in [-0.25, -0.2) is 13.6 Å². The average molecular weight is 298 g/mol. The largest absolute Gasteiger partial charge is 0.457 e. The zero-order valence-corrected chi connectivity index (χ0v) is 11.0. The van der Waals surface area contributed by atoms with Crippen molar-refractivity contribution in [3.63, 3.8) is 0 Å². The first-order valence-electron chi connectivity index (χ1n) is 5.63. The van der Waals surface area contributed by atoms with E-state index in [1.807, 2.05) is 0 Å². The van der Waals surface area contributed by atoms with Gasteiger partial charge in [0.25, 0.3) is 0 Å². The van der Waals surface area contributed by atoms with E-state index in [-0.39, 0.29) is 17.9 Å². The normalized spacial score (nSPS) is 10.3. The number of benzene rings is 2. The third-order valence-corrected chi connectivity index (χ3v) is 2.85. The second-order valence-electron chi connectivity index (χ2n) is 4.06. The van der Waals surface area contributed by atoms with E-state index in [1.54, 1.807) is 24.3 Å². The van der Waals surface area contributed by atoms with Crippen LogP contribution in [0, 0.1) is 11.6 Å². The number of esters is 1. The van der Waals surface area contributed by atoms with Gasteiger partial charge < -0.3 is 10.5 Å². The summed E-state index contributed by atoms with van der Waals surface area (Å²) in [5, 5.41) is 0.560. The monoisotopic (exact) mass is 297 g/mol. The number of carbonyl (C=O) groups excluding carboxylic acids is 1. The van der Waals surface area contributed by atoms with Crippen molar-refractivity contribution in [1.29, 1.82) is 0 Å². The lowest BCUT2D eigenvalue weighted by atomic mass is 10.1. The first-order chi connectivity index (χ1) is 9.47. The van der Waals surface area contributed by atoms with Crippen molar-refractivity contribution in [2.45, 2.75) is 6.61 Å². The molecule has 2 aromatic carbocycles. The van der Waals surface area contributed by atoms with Gasteiger partial charge in [-0.3, -0.25) is 0 Å². The number of nitrogens with two attached hydrogens (primary N) is 1. The summed E-state index contributed by atoms with van der Waals surface area (Å²) in [7, 11) is 0. The first-order valence-corrected chi connectivity index (χ1v) is 6.01. The quantitative estimate of drug-likeness (QED) is 0.696. The van der Waals surface area contributed by atoms with Crippen molar-refractivity contribution in [3.05, 3.63) is 64.2 Å². The molecule has 0 aliphatic carbocycles. The van der Waals surface area contributed by atoms with E-state index in [0.717, 1.165) is 12.1 Å². The van der Waals surface area contributed by atoms with Crippen LogP contribution in [0.5, 0.6) is 0 Å². The van der Waals surface area contributed by atoms with E-state index < -0.39 is 17.6 Å². The molecule has 6 heteroatoms. The zero-order chi connectivity index (χ0) is 14.7. The molecule has 0 aliphatic rings. The highest BCUT2D eigenvalue weighted by Crippen LogP contribution is 2.19. The number of nitrogen functional groups attached to an aromatic ring is 1. The maximum absolute atomic E-state index is 13.1. The lowest BCUT2D eigenvalue weighted by Crippen LogP contribution is -2.09. The summed E-state index contributed by atoms with van der Waals surface area (Å²) in [5.74, 6) is -3.09. The van der Waals surface area contributed by atoms with E-state index in [2.05, 4.69) is 0 Å². The molecule has 2 N–H and O–H groups in total. The Hall–Kier alpha value is -2.14. The molecule has 0 atom stereocenters. The molecular weight excluding hydrogens is 288 g/mol. The van der Waals surface area contributed by atoms with Crippen LogP contribution in [-0.2, 0) is 11.3 Å². The molecule has 0 amide bonds. The second-order valence-corrected chi connectivity index (χ2v) is 4.49. The number of hydrogen-bond acceptors (Lipinski definition) is 3. The fraction of sp³-hybridized carbons (Fsp3) is 0.0714. The molecule has 2 rings (SSSR count). The summed E-state index contributed by atoms with van der Waals surface area (Å²) >= 11 is 5.72. The molecule has 2 aromatic rings. The lowest BCUT2D eigenvalue weighted by molar-refractivity contribution is 0.0473. The molecule has 20 heavy (non-hydrogen) atoms. The van der Waals surface area contributed by atoms with E-state index in [0.29, 0.717) is 10.6 Å². The molecule has 0 heterocycles. The van der Waals surface area contributed by atoms with Gasteiger partial charge in [-0.2, -0.15) is 0 Å². The first kappa shape index (κ1) is 14.3. The van der Waals surface area contributed by atoms with Crippen LogP contribution in [0.25, 0.3) is 0 Å². The van der Waals surface area contributed by atoms with Crippen LogP contribution in [0.2, 0.25) is 5.02 Å². The molecule has 0 spiro atoms. The van der Waals surface area contributed by atoms with Crippen molar-refractivity contribution >= 4 is 23.3 Å². The fourth-order valence-corrected chi connectivity index (χ4v) is 1.67. The molecule has 0 aliphatic heterocycles. The number of anilines is 1. The summed E-state index contributed by atoms with van der Waals surface area (Å²) in [6.07, 6.45) is 0. The van der Waals surface area contributed by atoms with Gasteiger partial charge in [0.1, 0.15) is 6.61 Å². The van der Waals surface area contributed by atoms with Crippen LogP contribution < -0.4 is 5.73 Å². The van der Waals surface area contributed by atoms with Crippen LogP contribution in [0.3, 0.4) is 0 Å². The minimum Gasteiger partial charge on any atom is -0.457 e. The van der Waals surface area contributed by atoms with E-state index in [9.17, 15) is 13.6 Å². The van der Waals surface area contributed by atoms with Crippen molar-refractivity contribution in [3.8, 4) is 0 Å². The molecule has 0 fully saturated rings. The Kier molecular flexibility index (Phi) is 4.20. The highest BCUT2D eigenvalue weighted by Gasteiger charge is 2.15. The number of halogens is 3. The third kappa shape index (κ3) is 3.24. The minimum atomic E-state index is -1.15. The van der Waals surface area contributed by atoms with Gasteiger partial charge in [-0.15, -0.1) is 0 Å². The highest BCUT2D eigenvalue weighted by molar-refractivity contribution is 6.30. The van der Waals surface area contributed by atoms with Crippen molar-refractivity contribution in [2.24, 2.45) is 0 Å². The number of ether oxygens (including phenoxy) is 1. The Morgan fingerprint density at radius 1 is 1.15 bits per heavy atom. The zero-order valence-electron chi connectivity index (χ0n) is 10.2. The minimum absolute atomic E-state index is 0.0194. The molecule has 104 valence electrons. The maximum Gasteiger partial charge on any atom is 0.340 e. The number of carbonyl (C=O) groups is 1. The number of hydrogen-bond donors (Lipinski definition) is 1. The second kappa shape index (κ2) is 5.88. The molecule has 0 bridgehead atoms. The van der Waals surface area contributed by atoms with Crippen molar-refractivity contribution in [2.75, 3.05) is 5.73 Å². The van der Waals surface area contributed by atoms with Crippen LogP contribution in [0.15, 0.2) is 36.4 Å². The van der Waals surface area contributed by atoms with Gasteiger partial charge in [0, 0.05) is 16.8 Å². The molecule has 0 saturated carbocycles. The van der Waals surface area contributed by atoms with Gasteiger partial charge in [-0.05, 0) is 23.8 Å². The molecule has 0 saturated heterocycles. The maximum atomic E-state index is 13.1. The number of rotatable bonds is 3. The van der Waals surface area contributed by atoms with Gasteiger partial charge in [0.2, 0.25) is 0 Å². The Bertz CT molecular complexity index is 644. The van der Waals surface area contributed by atoms with Gasteiger partial charge >= 0.3 is 5.97 Å². The lowest BCUT2D eigenvalue weighted by Gasteiger charge is -2.08. The Morgan fingerprint density at radius 2 is 1.75 bits per heavy atom. The summed E-state index contributed by atoms with van der Waals surface area (Å²) in [6.45, 7) is -0.0194. The topological polar surface area (TPSA) is 52.3 Å². The average Bonchev–Trinajstić information content (AvgIpc) is 2.42. The summed E-state index contributed by atoms with van der Waals surface area (Å²) in [4.78, 5) is 11.8. The molecule has 3 nitrogen and oxygen atoms in total.